The predicted octanol–water partition coefficient (Wildman–Crippen LogP) is 3.08. The fraction of sp³-hybridized carbons (Fsp3) is 0.938. The van der Waals surface area contributed by atoms with Gasteiger partial charge in [0.1, 0.15) is 0 Å². The Morgan fingerprint density at radius 1 is 1.10 bits per heavy atom. The maximum atomic E-state index is 12.1. The molecule has 1 saturated heterocycles. The zero-order valence-electron chi connectivity index (χ0n) is 13.7. The van der Waals surface area contributed by atoms with Crippen LogP contribution in [0.15, 0.2) is 0 Å². The van der Waals surface area contributed by atoms with Crippen LogP contribution in [-0.2, 0) is 0 Å². The van der Waals surface area contributed by atoms with Gasteiger partial charge in [-0.25, -0.2) is 4.79 Å². The second-order valence-corrected chi connectivity index (χ2v) is 6.27. The topological polar surface area (TPSA) is 35.6 Å². The SMILES string of the molecule is CC(C)N(C)CCCCNC(=O)N1CCCCCCC1. The lowest BCUT2D eigenvalue weighted by Crippen LogP contribution is -2.42. The first kappa shape index (κ1) is 17.3. The van der Waals surface area contributed by atoms with Crippen LogP contribution in [0.3, 0.4) is 0 Å². The lowest BCUT2D eigenvalue weighted by molar-refractivity contribution is 0.191. The highest BCUT2D eigenvalue weighted by atomic mass is 16.2. The highest BCUT2D eigenvalue weighted by Gasteiger charge is 2.13. The molecule has 0 aromatic carbocycles. The first-order valence-corrected chi connectivity index (χ1v) is 8.34. The van der Waals surface area contributed by atoms with Crippen LogP contribution in [0, 0.1) is 0 Å². The highest BCUT2D eigenvalue weighted by Crippen LogP contribution is 2.10. The summed E-state index contributed by atoms with van der Waals surface area (Å²) in [6, 6.07) is 0.745. The largest absolute Gasteiger partial charge is 0.338 e. The first-order chi connectivity index (χ1) is 9.61. The Bertz CT molecular complexity index is 260. The molecular weight excluding hydrogens is 250 g/mol. The lowest BCUT2D eigenvalue weighted by Gasteiger charge is -2.25. The van der Waals surface area contributed by atoms with Gasteiger partial charge < -0.3 is 15.1 Å². The minimum atomic E-state index is 0.143. The summed E-state index contributed by atoms with van der Waals surface area (Å²) in [6.45, 7) is 8.20. The number of hydrogen-bond donors (Lipinski definition) is 1. The van der Waals surface area contributed by atoms with Crippen molar-refractivity contribution in [3.05, 3.63) is 0 Å². The minimum Gasteiger partial charge on any atom is -0.338 e. The van der Waals surface area contributed by atoms with Gasteiger partial charge in [-0.15, -0.1) is 0 Å². The van der Waals surface area contributed by atoms with Crippen molar-refractivity contribution in [3.8, 4) is 0 Å². The number of amides is 2. The maximum Gasteiger partial charge on any atom is 0.317 e. The predicted molar refractivity (Wildman–Crippen MR) is 85.1 cm³/mol. The first-order valence-electron chi connectivity index (χ1n) is 8.34. The van der Waals surface area contributed by atoms with Crippen molar-refractivity contribution in [2.45, 2.75) is 64.8 Å². The molecule has 0 radical (unpaired) electrons. The Morgan fingerprint density at radius 2 is 1.70 bits per heavy atom. The van der Waals surface area contributed by atoms with Gasteiger partial charge in [0.05, 0.1) is 0 Å². The molecule has 0 bridgehead atoms. The third-order valence-electron chi connectivity index (χ3n) is 4.24. The fourth-order valence-corrected chi connectivity index (χ4v) is 2.50. The van der Waals surface area contributed by atoms with E-state index in [1.165, 1.54) is 19.3 Å². The van der Waals surface area contributed by atoms with E-state index < -0.39 is 0 Å². The van der Waals surface area contributed by atoms with Gasteiger partial charge in [0.15, 0.2) is 0 Å². The van der Waals surface area contributed by atoms with Crippen molar-refractivity contribution >= 4 is 6.03 Å². The second kappa shape index (κ2) is 10.0. The van der Waals surface area contributed by atoms with Crippen molar-refractivity contribution in [2.24, 2.45) is 0 Å². The number of urea groups is 1. The molecule has 0 aliphatic carbocycles. The summed E-state index contributed by atoms with van der Waals surface area (Å²) in [7, 11) is 2.16. The van der Waals surface area contributed by atoms with Crippen molar-refractivity contribution in [1.82, 2.24) is 15.1 Å². The molecule has 0 aromatic heterocycles. The molecule has 2 amide bonds. The van der Waals surface area contributed by atoms with E-state index in [4.69, 9.17) is 0 Å². The zero-order chi connectivity index (χ0) is 14.8. The van der Waals surface area contributed by atoms with E-state index in [-0.39, 0.29) is 6.03 Å². The number of carbonyl (C=O) groups excluding carboxylic acids is 1. The molecule has 20 heavy (non-hydrogen) atoms. The molecule has 0 unspecified atom stereocenters. The molecule has 0 saturated carbocycles. The zero-order valence-corrected chi connectivity index (χ0v) is 13.7. The average Bonchev–Trinajstić information content (AvgIpc) is 2.37. The molecule has 1 rings (SSSR count). The van der Waals surface area contributed by atoms with Crippen LogP contribution in [0.5, 0.6) is 0 Å². The van der Waals surface area contributed by atoms with Crippen LogP contribution in [0.2, 0.25) is 0 Å². The summed E-state index contributed by atoms with van der Waals surface area (Å²) in [6.07, 6.45) is 8.40. The highest BCUT2D eigenvalue weighted by molar-refractivity contribution is 5.74. The quantitative estimate of drug-likeness (QED) is 0.760. The Hall–Kier alpha value is -0.770. The number of hydrogen-bond acceptors (Lipinski definition) is 2. The Labute approximate surface area is 124 Å². The molecule has 4 nitrogen and oxygen atoms in total. The molecule has 0 aromatic rings. The van der Waals surface area contributed by atoms with Gasteiger partial charge in [0.2, 0.25) is 0 Å². The van der Waals surface area contributed by atoms with Gasteiger partial charge in [0.25, 0.3) is 0 Å². The number of carbonyl (C=O) groups is 1. The summed E-state index contributed by atoms with van der Waals surface area (Å²) < 4.78 is 0. The van der Waals surface area contributed by atoms with E-state index >= 15 is 0 Å². The van der Waals surface area contributed by atoms with Crippen LogP contribution < -0.4 is 5.32 Å². The van der Waals surface area contributed by atoms with Crippen molar-refractivity contribution in [3.63, 3.8) is 0 Å². The monoisotopic (exact) mass is 283 g/mol. The van der Waals surface area contributed by atoms with Crippen molar-refractivity contribution in [1.29, 1.82) is 0 Å². The van der Waals surface area contributed by atoms with E-state index in [0.29, 0.717) is 6.04 Å². The maximum absolute atomic E-state index is 12.1. The van der Waals surface area contributed by atoms with E-state index in [0.717, 1.165) is 51.9 Å². The molecule has 4 heteroatoms. The van der Waals surface area contributed by atoms with Gasteiger partial charge in [-0.3, -0.25) is 0 Å². The number of likely N-dealkylation sites (tertiary alicyclic amines) is 1. The number of rotatable bonds is 6. The summed E-state index contributed by atoms with van der Waals surface area (Å²) in [5, 5.41) is 3.07. The molecule has 1 aliphatic heterocycles. The van der Waals surface area contributed by atoms with Crippen molar-refractivity contribution < 1.29 is 4.79 Å². The minimum absolute atomic E-state index is 0.143. The van der Waals surface area contributed by atoms with Crippen molar-refractivity contribution in [2.75, 3.05) is 33.2 Å². The molecule has 1 heterocycles. The fourth-order valence-electron chi connectivity index (χ4n) is 2.50. The molecule has 1 N–H and O–H groups in total. The van der Waals surface area contributed by atoms with E-state index in [9.17, 15) is 4.79 Å². The molecule has 1 aliphatic rings. The number of nitrogens with one attached hydrogen (secondary N) is 1. The lowest BCUT2D eigenvalue weighted by atomic mass is 10.1. The van der Waals surface area contributed by atoms with E-state index in [1.807, 2.05) is 4.90 Å². The van der Waals surface area contributed by atoms with Gasteiger partial charge in [-0.05, 0) is 53.1 Å². The molecule has 1 fully saturated rings. The third kappa shape index (κ3) is 7.13. The molecule has 0 atom stereocenters. The van der Waals surface area contributed by atoms with Gasteiger partial charge in [-0.2, -0.15) is 0 Å². The van der Waals surface area contributed by atoms with Gasteiger partial charge in [-0.1, -0.05) is 19.3 Å². The molecule has 0 spiro atoms. The summed E-state index contributed by atoms with van der Waals surface area (Å²) in [4.78, 5) is 16.4. The standard InChI is InChI=1S/C16H33N3O/c1-15(2)18(3)12-10-7-11-17-16(20)19-13-8-5-4-6-9-14-19/h15H,4-14H2,1-3H3,(H,17,20). The number of nitrogens with zero attached hydrogens (tertiary/aromatic N) is 2. The molecule has 118 valence electrons. The Kier molecular flexibility index (Phi) is 8.67. The smallest absolute Gasteiger partial charge is 0.317 e. The normalized spacial score (nSPS) is 17.1. The second-order valence-electron chi connectivity index (χ2n) is 6.27. The van der Waals surface area contributed by atoms with Crippen LogP contribution >= 0.6 is 0 Å². The van der Waals surface area contributed by atoms with Crippen LogP contribution in [0.25, 0.3) is 0 Å². The molecular formula is C16H33N3O. The summed E-state index contributed by atoms with van der Waals surface area (Å²) >= 11 is 0. The third-order valence-corrected chi connectivity index (χ3v) is 4.24. The summed E-state index contributed by atoms with van der Waals surface area (Å²) in [5.74, 6) is 0. The van der Waals surface area contributed by atoms with Crippen LogP contribution in [0.1, 0.15) is 58.8 Å². The van der Waals surface area contributed by atoms with Gasteiger partial charge >= 0.3 is 6.03 Å². The average molecular weight is 283 g/mol. The van der Waals surface area contributed by atoms with E-state index in [1.54, 1.807) is 0 Å². The van der Waals surface area contributed by atoms with E-state index in [2.05, 4.69) is 31.1 Å². The number of unbranched alkanes of at least 4 members (excludes halogenated alkanes) is 1. The van der Waals surface area contributed by atoms with Gasteiger partial charge in [0, 0.05) is 25.7 Å². The Morgan fingerprint density at radius 3 is 2.30 bits per heavy atom. The summed E-state index contributed by atoms with van der Waals surface area (Å²) in [5.41, 5.74) is 0. The Balaban J connectivity index is 2.09. The van der Waals surface area contributed by atoms with Crippen LogP contribution in [0.4, 0.5) is 4.79 Å². The van der Waals surface area contributed by atoms with Crippen LogP contribution in [-0.4, -0.2) is 55.1 Å².